The molecule has 0 amide bonds. The molecular weight excluding hydrogens is 267 g/mol. The topological polar surface area (TPSA) is 12.0 Å². The van der Waals surface area contributed by atoms with E-state index in [1.165, 1.54) is 9.75 Å². The Bertz CT molecular complexity index is 336. The lowest BCUT2D eigenvalue weighted by Gasteiger charge is -2.13. The van der Waals surface area contributed by atoms with Gasteiger partial charge in [0.1, 0.15) is 0 Å². The number of aryl methyl sites for hydroxylation is 1. The van der Waals surface area contributed by atoms with Gasteiger partial charge in [-0.25, -0.2) is 0 Å². The van der Waals surface area contributed by atoms with Crippen LogP contribution >= 0.6 is 23.1 Å². The standard InChI is InChI=1S/C11H16F3NS2/c1-8(7-10-4-3-9(2)17-10)15-5-6-16-11(12,13)14/h3-4,8,15H,5-7H2,1-2H3. The normalized spacial score (nSPS) is 13.9. The van der Waals surface area contributed by atoms with Gasteiger partial charge in [0.05, 0.1) is 0 Å². The molecule has 0 saturated heterocycles. The van der Waals surface area contributed by atoms with Gasteiger partial charge in [-0.05, 0) is 44.2 Å². The van der Waals surface area contributed by atoms with Gasteiger partial charge >= 0.3 is 5.51 Å². The first-order valence-corrected chi connectivity index (χ1v) is 7.16. The molecule has 1 unspecified atom stereocenters. The first-order valence-electron chi connectivity index (χ1n) is 5.36. The van der Waals surface area contributed by atoms with Gasteiger partial charge in [0.15, 0.2) is 0 Å². The second-order valence-electron chi connectivity index (χ2n) is 3.87. The summed E-state index contributed by atoms with van der Waals surface area (Å²) in [6.07, 6.45) is 0.870. The maximum Gasteiger partial charge on any atom is 0.441 e. The fourth-order valence-electron chi connectivity index (χ4n) is 1.44. The Morgan fingerprint density at radius 2 is 2.12 bits per heavy atom. The number of hydrogen-bond acceptors (Lipinski definition) is 3. The third kappa shape index (κ3) is 6.95. The summed E-state index contributed by atoms with van der Waals surface area (Å²) < 4.78 is 35.6. The van der Waals surface area contributed by atoms with E-state index in [4.69, 9.17) is 0 Å². The van der Waals surface area contributed by atoms with Crippen molar-refractivity contribution < 1.29 is 13.2 Å². The third-order valence-electron chi connectivity index (χ3n) is 2.16. The monoisotopic (exact) mass is 283 g/mol. The molecule has 0 spiro atoms. The lowest BCUT2D eigenvalue weighted by atomic mass is 10.2. The number of thiophene rings is 1. The minimum Gasteiger partial charge on any atom is -0.313 e. The van der Waals surface area contributed by atoms with E-state index in [9.17, 15) is 13.2 Å². The number of alkyl halides is 3. The van der Waals surface area contributed by atoms with E-state index >= 15 is 0 Å². The molecular formula is C11H16F3NS2. The molecule has 1 aromatic rings. The van der Waals surface area contributed by atoms with E-state index in [-0.39, 0.29) is 23.6 Å². The highest BCUT2D eigenvalue weighted by molar-refractivity contribution is 8.00. The largest absolute Gasteiger partial charge is 0.441 e. The van der Waals surface area contributed by atoms with E-state index < -0.39 is 5.51 Å². The molecule has 0 radical (unpaired) electrons. The summed E-state index contributed by atoms with van der Waals surface area (Å²) in [6.45, 7) is 4.43. The first-order chi connectivity index (χ1) is 7.87. The van der Waals surface area contributed by atoms with Crippen molar-refractivity contribution in [3.8, 4) is 0 Å². The summed E-state index contributed by atoms with van der Waals surface area (Å²) in [5.74, 6) is 0.0668. The van der Waals surface area contributed by atoms with E-state index in [0.717, 1.165) is 6.42 Å². The van der Waals surface area contributed by atoms with Crippen LogP contribution in [0.4, 0.5) is 13.2 Å². The Morgan fingerprint density at radius 1 is 1.41 bits per heavy atom. The van der Waals surface area contributed by atoms with Crippen molar-refractivity contribution in [2.75, 3.05) is 12.3 Å². The highest BCUT2D eigenvalue weighted by Crippen LogP contribution is 2.29. The van der Waals surface area contributed by atoms with Crippen molar-refractivity contribution in [3.63, 3.8) is 0 Å². The number of rotatable bonds is 6. The highest BCUT2D eigenvalue weighted by atomic mass is 32.2. The van der Waals surface area contributed by atoms with Crippen molar-refractivity contribution in [1.82, 2.24) is 5.32 Å². The molecule has 1 rings (SSSR count). The molecule has 1 N–H and O–H groups in total. The molecule has 0 aliphatic heterocycles. The number of halogens is 3. The van der Waals surface area contributed by atoms with Crippen LogP contribution in [-0.4, -0.2) is 23.8 Å². The number of thioether (sulfide) groups is 1. The fourth-order valence-corrected chi connectivity index (χ4v) is 2.91. The van der Waals surface area contributed by atoms with Gasteiger partial charge in [0.2, 0.25) is 0 Å². The lowest BCUT2D eigenvalue weighted by Crippen LogP contribution is -2.30. The maximum absolute atomic E-state index is 11.9. The number of nitrogens with one attached hydrogen (secondary N) is 1. The molecule has 0 aliphatic carbocycles. The summed E-state index contributed by atoms with van der Waals surface area (Å²) in [5.41, 5.74) is -4.12. The molecule has 0 bridgehead atoms. The number of hydrogen-bond donors (Lipinski definition) is 1. The summed E-state index contributed by atoms with van der Waals surface area (Å²) in [4.78, 5) is 2.53. The van der Waals surface area contributed by atoms with Crippen LogP contribution in [0.3, 0.4) is 0 Å². The second-order valence-corrected chi connectivity index (χ2v) is 6.40. The molecule has 1 aromatic heterocycles. The summed E-state index contributed by atoms with van der Waals surface area (Å²) >= 11 is 1.76. The van der Waals surface area contributed by atoms with Gasteiger partial charge in [-0.2, -0.15) is 13.2 Å². The average molecular weight is 283 g/mol. The Labute approximate surface area is 108 Å². The third-order valence-corrected chi connectivity index (χ3v) is 3.92. The Kier molecular flexibility index (Phi) is 5.82. The first kappa shape index (κ1) is 14.9. The van der Waals surface area contributed by atoms with Crippen LogP contribution < -0.4 is 5.32 Å². The van der Waals surface area contributed by atoms with E-state index in [0.29, 0.717) is 6.54 Å². The zero-order chi connectivity index (χ0) is 12.9. The molecule has 98 valence electrons. The second kappa shape index (κ2) is 6.66. The van der Waals surface area contributed by atoms with Crippen LogP contribution in [0, 0.1) is 6.92 Å². The maximum atomic E-state index is 11.9. The predicted molar refractivity (Wildman–Crippen MR) is 68.7 cm³/mol. The quantitative estimate of drug-likeness (QED) is 0.796. The molecule has 1 heterocycles. The van der Waals surface area contributed by atoms with Crippen LogP contribution in [0.2, 0.25) is 0 Å². The Hall–Kier alpha value is -0.200. The SMILES string of the molecule is Cc1ccc(CC(C)NCCSC(F)(F)F)s1. The van der Waals surface area contributed by atoms with Gasteiger partial charge in [-0.3, -0.25) is 0 Å². The molecule has 0 saturated carbocycles. The van der Waals surface area contributed by atoms with E-state index in [1.807, 2.05) is 13.8 Å². The van der Waals surface area contributed by atoms with Gasteiger partial charge in [-0.1, -0.05) is 0 Å². The van der Waals surface area contributed by atoms with Crippen molar-refractivity contribution >= 4 is 23.1 Å². The average Bonchev–Trinajstić information content (AvgIpc) is 2.57. The summed E-state index contributed by atoms with van der Waals surface area (Å²) in [6, 6.07) is 4.34. The van der Waals surface area contributed by atoms with Crippen LogP contribution in [0.25, 0.3) is 0 Å². The molecule has 1 atom stereocenters. The Morgan fingerprint density at radius 3 is 2.65 bits per heavy atom. The fraction of sp³-hybridized carbons (Fsp3) is 0.636. The molecule has 0 fully saturated rings. The molecule has 0 aromatic carbocycles. The van der Waals surface area contributed by atoms with Crippen molar-refractivity contribution in [2.45, 2.75) is 31.8 Å². The molecule has 17 heavy (non-hydrogen) atoms. The smallest absolute Gasteiger partial charge is 0.313 e. The lowest BCUT2D eigenvalue weighted by molar-refractivity contribution is -0.0327. The van der Waals surface area contributed by atoms with Gasteiger partial charge in [-0.15, -0.1) is 11.3 Å². The van der Waals surface area contributed by atoms with Gasteiger partial charge in [0, 0.05) is 28.1 Å². The highest BCUT2D eigenvalue weighted by Gasteiger charge is 2.27. The van der Waals surface area contributed by atoms with Crippen LogP contribution in [0.1, 0.15) is 16.7 Å². The zero-order valence-electron chi connectivity index (χ0n) is 9.80. The van der Waals surface area contributed by atoms with Crippen molar-refractivity contribution in [1.29, 1.82) is 0 Å². The zero-order valence-corrected chi connectivity index (χ0v) is 11.4. The minimum atomic E-state index is -4.12. The van der Waals surface area contributed by atoms with Crippen molar-refractivity contribution in [2.24, 2.45) is 0 Å². The molecule has 0 aliphatic rings. The van der Waals surface area contributed by atoms with Gasteiger partial charge in [0.25, 0.3) is 0 Å². The van der Waals surface area contributed by atoms with Crippen molar-refractivity contribution in [3.05, 3.63) is 21.9 Å². The van der Waals surface area contributed by atoms with Crippen LogP contribution in [-0.2, 0) is 6.42 Å². The summed E-state index contributed by atoms with van der Waals surface area (Å²) in [5, 5.41) is 3.10. The van der Waals surface area contributed by atoms with Gasteiger partial charge < -0.3 is 5.32 Å². The van der Waals surface area contributed by atoms with Crippen LogP contribution in [0.15, 0.2) is 12.1 Å². The molecule has 6 heteroatoms. The summed E-state index contributed by atoms with van der Waals surface area (Å²) in [7, 11) is 0. The van der Waals surface area contributed by atoms with E-state index in [1.54, 1.807) is 11.3 Å². The van der Waals surface area contributed by atoms with E-state index in [2.05, 4.69) is 17.4 Å². The Balaban J connectivity index is 2.15. The minimum absolute atomic E-state index is 0.0261. The molecule has 1 nitrogen and oxygen atoms in total. The predicted octanol–water partition coefficient (Wildman–Crippen LogP) is 3.83. The van der Waals surface area contributed by atoms with Crippen LogP contribution in [0.5, 0.6) is 0 Å².